The zero-order valence-electron chi connectivity index (χ0n) is 14.3. The molecule has 1 aromatic heterocycles. The van der Waals surface area contributed by atoms with Crippen molar-refractivity contribution < 1.29 is 14.2 Å². The molecule has 0 unspecified atom stereocenters. The molecule has 7 nitrogen and oxygen atoms in total. The number of halogens is 1. The Morgan fingerprint density at radius 2 is 1.68 bits per heavy atom. The van der Waals surface area contributed by atoms with Crippen LogP contribution in [0.3, 0.4) is 0 Å². The van der Waals surface area contributed by atoms with E-state index in [1.54, 1.807) is 33.5 Å². The maximum atomic E-state index is 11.9. The lowest BCUT2D eigenvalue weighted by Gasteiger charge is -2.18. The van der Waals surface area contributed by atoms with Crippen molar-refractivity contribution in [2.75, 3.05) is 27.9 Å². The monoisotopic (exact) mass is 387 g/mol. The lowest BCUT2D eigenvalue weighted by molar-refractivity contribution is 0.349. The summed E-state index contributed by atoms with van der Waals surface area (Å²) in [6.45, 7) is 1.10. The molecule has 0 aliphatic heterocycles. The van der Waals surface area contributed by atoms with Crippen LogP contribution in [0.5, 0.6) is 17.2 Å². The minimum atomic E-state index is -0.282. The van der Waals surface area contributed by atoms with Crippen molar-refractivity contribution in [2.45, 2.75) is 13.0 Å². The predicted octanol–water partition coefficient (Wildman–Crippen LogP) is 2.37. The fourth-order valence-electron chi connectivity index (χ4n) is 2.44. The van der Waals surface area contributed by atoms with E-state index in [4.69, 9.17) is 32.2 Å². The van der Waals surface area contributed by atoms with Gasteiger partial charge in [-0.15, -0.1) is 12.4 Å². The van der Waals surface area contributed by atoms with Crippen LogP contribution >= 0.6 is 24.6 Å². The quantitative estimate of drug-likeness (QED) is 0.709. The van der Waals surface area contributed by atoms with Crippen LogP contribution in [0.25, 0.3) is 11.3 Å². The molecule has 0 saturated heterocycles. The lowest BCUT2D eigenvalue weighted by Crippen LogP contribution is -2.16. The predicted molar refractivity (Wildman–Crippen MR) is 102 cm³/mol. The number of aromatic nitrogens is 2. The highest BCUT2D eigenvalue weighted by molar-refractivity contribution is 7.71. The van der Waals surface area contributed by atoms with Crippen LogP contribution in [0.4, 0.5) is 0 Å². The van der Waals surface area contributed by atoms with E-state index in [0.29, 0.717) is 46.4 Å². The summed E-state index contributed by atoms with van der Waals surface area (Å²) in [6, 6.07) is 4.96. The highest BCUT2D eigenvalue weighted by Gasteiger charge is 2.16. The molecule has 9 heteroatoms. The minimum Gasteiger partial charge on any atom is -0.496 e. The van der Waals surface area contributed by atoms with Gasteiger partial charge in [0.2, 0.25) is 0 Å². The van der Waals surface area contributed by atoms with Crippen molar-refractivity contribution in [3.05, 3.63) is 33.3 Å². The van der Waals surface area contributed by atoms with Crippen molar-refractivity contribution in [1.29, 1.82) is 0 Å². The van der Waals surface area contributed by atoms with Gasteiger partial charge < -0.3 is 24.5 Å². The zero-order valence-corrected chi connectivity index (χ0v) is 16.0. The molecule has 0 bridgehead atoms. The van der Waals surface area contributed by atoms with Crippen molar-refractivity contribution >= 4 is 24.6 Å². The summed E-state index contributed by atoms with van der Waals surface area (Å²) in [5.41, 5.74) is 6.64. The average molecular weight is 388 g/mol. The Hall–Kier alpha value is -2.03. The third-order valence-corrected chi connectivity index (χ3v) is 3.92. The number of methoxy groups -OCH3 is 3. The van der Waals surface area contributed by atoms with Gasteiger partial charge in [-0.25, -0.2) is 0 Å². The number of benzene rings is 1. The van der Waals surface area contributed by atoms with Crippen LogP contribution in [0.1, 0.15) is 6.42 Å². The molecule has 1 aromatic carbocycles. The molecular formula is C16H22ClN3O4S. The highest BCUT2D eigenvalue weighted by Crippen LogP contribution is 2.39. The third-order valence-electron chi connectivity index (χ3n) is 3.60. The number of rotatable bonds is 7. The van der Waals surface area contributed by atoms with Crippen molar-refractivity contribution in [2.24, 2.45) is 5.73 Å². The second-order valence-electron chi connectivity index (χ2n) is 5.03. The van der Waals surface area contributed by atoms with Crippen LogP contribution in [0.2, 0.25) is 0 Å². The van der Waals surface area contributed by atoms with Gasteiger partial charge in [-0.3, -0.25) is 9.78 Å². The van der Waals surface area contributed by atoms with E-state index in [-0.39, 0.29) is 18.0 Å². The molecule has 3 N–H and O–H groups in total. The van der Waals surface area contributed by atoms with Gasteiger partial charge in [0.1, 0.15) is 5.75 Å². The Bertz CT molecular complexity index is 835. The molecule has 25 heavy (non-hydrogen) atoms. The van der Waals surface area contributed by atoms with Gasteiger partial charge in [-0.05, 0) is 31.2 Å². The van der Waals surface area contributed by atoms with E-state index in [2.05, 4.69) is 4.98 Å². The average Bonchev–Trinajstić information content (AvgIpc) is 2.59. The first-order valence-electron chi connectivity index (χ1n) is 7.40. The molecule has 0 saturated carbocycles. The Labute approximate surface area is 157 Å². The molecule has 0 aliphatic rings. The summed E-state index contributed by atoms with van der Waals surface area (Å²) in [7, 11) is 4.65. The second-order valence-corrected chi connectivity index (χ2v) is 5.41. The topological polar surface area (TPSA) is 91.5 Å². The SMILES string of the molecule is COc1cc(OC)c(-c2cc(=O)[nH]c(=S)n2CCCN)cc1OC.Cl. The molecule has 0 amide bonds. The first kappa shape index (κ1) is 21.0. The Morgan fingerprint density at radius 1 is 1.08 bits per heavy atom. The van der Waals surface area contributed by atoms with Gasteiger partial charge >= 0.3 is 0 Å². The second kappa shape index (κ2) is 9.45. The standard InChI is InChI=1S/C16H21N3O4S.ClH/c1-21-12-9-14(23-3)13(22-2)7-10(12)11-8-15(20)18-16(24)19(11)6-4-5-17;/h7-9H,4-6,17H2,1-3H3,(H,18,20,24);1H. The van der Waals surface area contributed by atoms with E-state index >= 15 is 0 Å². The number of nitrogens with two attached hydrogens (primary N) is 1. The van der Waals surface area contributed by atoms with Gasteiger partial charge in [0.05, 0.1) is 27.0 Å². The van der Waals surface area contributed by atoms with E-state index in [0.717, 1.165) is 6.42 Å². The molecule has 1 heterocycles. The number of ether oxygens (including phenoxy) is 3. The summed E-state index contributed by atoms with van der Waals surface area (Å²) >= 11 is 5.30. The van der Waals surface area contributed by atoms with Gasteiger partial charge in [0, 0.05) is 24.2 Å². The number of hydrogen-bond donors (Lipinski definition) is 2. The maximum absolute atomic E-state index is 11.9. The van der Waals surface area contributed by atoms with Crippen LogP contribution < -0.4 is 25.5 Å². The fourth-order valence-corrected chi connectivity index (χ4v) is 2.73. The van der Waals surface area contributed by atoms with Gasteiger partial charge in [0.25, 0.3) is 5.56 Å². The summed E-state index contributed by atoms with van der Waals surface area (Å²) in [5.74, 6) is 1.62. The van der Waals surface area contributed by atoms with Gasteiger partial charge in [-0.1, -0.05) is 0 Å². The summed E-state index contributed by atoms with van der Waals surface area (Å²) in [5, 5.41) is 0. The van der Waals surface area contributed by atoms with Crippen molar-refractivity contribution in [3.8, 4) is 28.5 Å². The minimum absolute atomic E-state index is 0. The molecule has 0 aliphatic carbocycles. The first-order valence-corrected chi connectivity index (χ1v) is 7.81. The summed E-state index contributed by atoms with van der Waals surface area (Å²) < 4.78 is 18.3. The van der Waals surface area contributed by atoms with Gasteiger partial charge in [0.15, 0.2) is 16.3 Å². The van der Waals surface area contributed by atoms with Crippen LogP contribution in [-0.2, 0) is 6.54 Å². The summed E-state index contributed by atoms with van der Waals surface area (Å²) in [6.07, 6.45) is 0.725. The van der Waals surface area contributed by atoms with E-state index in [1.807, 2.05) is 4.57 Å². The largest absolute Gasteiger partial charge is 0.496 e. The first-order chi connectivity index (χ1) is 11.5. The highest BCUT2D eigenvalue weighted by atomic mass is 35.5. The number of nitrogens with zero attached hydrogens (tertiary/aromatic N) is 1. The lowest BCUT2D eigenvalue weighted by atomic mass is 10.1. The van der Waals surface area contributed by atoms with E-state index in [9.17, 15) is 4.79 Å². The molecular weight excluding hydrogens is 366 g/mol. The number of nitrogens with one attached hydrogen (secondary N) is 1. The van der Waals surface area contributed by atoms with Crippen molar-refractivity contribution in [3.63, 3.8) is 0 Å². The number of aromatic amines is 1. The molecule has 2 aromatic rings. The third kappa shape index (κ3) is 4.53. The fraction of sp³-hybridized carbons (Fsp3) is 0.375. The zero-order chi connectivity index (χ0) is 17.7. The Balaban J connectivity index is 0.00000312. The molecule has 0 atom stereocenters. The maximum Gasteiger partial charge on any atom is 0.252 e. The molecule has 0 spiro atoms. The van der Waals surface area contributed by atoms with Crippen molar-refractivity contribution in [1.82, 2.24) is 9.55 Å². The molecule has 0 fully saturated rings. The van der Waals surface area contributed by atoms with Crippen LogP contribution in [-0.4, -0.2) is 37.4 Å². The Kier molecular flexibility index (Phi) is 7.95. The summed E-state index contributed by atoms with van der Waals surface area (Å²) in [4.78, 5) is 14.6. The smallest absolute Gasteiger partial charge is 0.252 e. The molecule has 0 radical (unpaired) electrons. The number of hydrogen-bond acceptors (Lipinski definition) is 6. The van der Waals surface area contributed by atoms with Gasteiger partial charge in [-0.2, -0.15) is 0 Å². The van der Waals surface area contributed by atoms with E-state index < -0.39 is 0 Å². The number of H-pyrrole nitrogens is 1. The molecule has 2 rings (SSSR count). The normalized spacial score (nSPS) is 10.1. The van der Waals surface area contributed by atoms with Crippen LogP contribution in [0, 0.1) is 4.77 Å². The Morgan fingerprint density at radius 3 is 2.24 bits per heavy atom. The molecule has 138 valence electrons. The van der Waals surface area contributed by atoms with E-state index in [1.165, 1.54) is 6.07 Å². The van der Waals surface area contributed by atoms with Crippen LogP contribution in [0.15, 0.2) is 23.0 Å².